The highest BCUT2D eigenvalue weighted by atomic mass is 16.5. The summed E-state index contributed by atoms with van der Waals surface area (Å²) in [7, 11) is 0. The van der Waals surface area contributed by atoms with Crippen LogP contribution in [0.15, 0.2) is 24.3 Å². The van der Waals surface area contributed by atoms with Crippen molar-refractivity contribution in [1.29, 1.82) is 0 Å². The van der Waals surface area contributed by atoms with Gasteiger partial charge in [-0.3, -0.25) is 4.79 Å². The summed E-state index contributed by atoms with van der Waals surface area (Å²) in [5.74, 6) is -1.50. The third kappa shape index (κ3) is 2.89. The lowest BCUT2D eigenvalue weighted by atomic mass is 9.87. The third-order valence-electron chi connectivity index (χ3n) is 4.52. The lowest BCUT2D eigenvalue weighted by Gasteiger charge is -2.23. The van der Waals surface area contributed by atoms with Crippen molar-refractivity contribution in [3.63, 3.8) is 0 Å². The Hall–Kier alpha value is -2.34. The van der Waals surface area contributed by atoms with E-state index < -0.39 is 17.4 Å². The van der Waals surface area contributed by atoms with Gasteiger partial charge in [0.2, 0.25) is 0 Å². The van der Waals surface area contributed by atoms with Gasteiger partial charge >= 0.3 is 5.97 Å². The molecule has 1 aliphatic heterocycles. The van der Waals surface area contributed by atoms with E-state index in [2.05, 4.69) is 31.1 Å². The Morgan fingerprint density at radius 2 is 2.04 bits per heavy atom. The molecule has 2 aromatic rings. The zero-order valence-electron chi connectivity index (χ0n) is 14.1. The lowest BCUT2D eigenvalue weighted by Crippen LogP contribution is -2.55. The average Bonchev–Trinajstić information content (AvgIpc) is 3.12. The summed E-state index contributed by atoms with van der Waals surface area (Å²) in [4.78, 5) is 27.1. The van der Waals surface area contributed by atoms with Gasteiger partial charge in [-0.1, -0.05) is 32.9 Å². The van der Waals surface area contributed by atoms with E-state index in [4.69, 9.17) is 4.74 Å². The summed E-state index contributed by atoms with van der Waals surface area (Å²) in [6.07, 6.45) is 0.266. The van der Waals surface area contributed by atoms with Crippen molar-refractivity contribution >= 4 is 22.8 Å². The topological polar surface area (TPSA) is 91.4 Å². The largest absolute Gasteiger partial charge is 0.479 e. The summed E-state index contributed by atoms with van der Waals surface area (Å²) < 4.78 is 5.16. The van der Waals surface area contributed by atoms with Crippen LogP contribution in [-0.2, 0) is 14.9 Å². The fourth-order valence-electron chi connectivity index (χ4n) is 2.89. The van der Waals surface area contributed by atoms with Crippen LogP contribution in [0.5, 0.6) is 0 Å². The highest BCUT2D eigenvalue weighted by Crippen LogP contribution is 2.27. The minimum atomic E-state index is -1.34. The van der Waals surface area contributed by atoms with Crippen LogP contribution in [-0.4, -0.2) is 40.7 Å². The number of aromatic nitrogens is 1. The van der Waals surface area contributed by atoms with Crippen LogP contribution < -0.4 is 5.32 Å². The van der Waals surface area contributed by atoms with Crippen LogP contribution in [0, 0.1) is 0 Å². The van der Waals surface area contributed by atoms with Crippen molar-refractivity contribution in [3.8, 4) is 0 Å². The summed E-state index contributed by atoms with van der Waals surface area (Å²) in [6.45, 7) is 6.70. The smallest absolute Gasteiger partial charge is 0.331 e. The SMILES string of the molecule is CC(C)(C)c1ccc2cc(C(=O)NC3(C(=O)O)CCOC3)[nH]c2c1. The number of carbonyl (C=O) groups is 2. The molecule has 1 saturated heterocycles. The average molecular weight is 330 g/mol. The zero-order chi connectivity index (χ0) is 17.5. The first-order chi connectivity index (χ1) is 11.2. The molecule has 1 amide bonds. The Morgan fingerprint density at radius 1 is 1.29 bits per heavy atom. The number of carboxylic acids is 1. The van der Waals surface area contributed by atoms with Gasteiger partial charge in [-0.05, 0) is 23.1 Å². The second-order valence-electron chi connectivity index (χ2n) is 7.38. The molecule has 3 rings (SSSR count). The maximum absolute atomic E-state index is 12.5. The highest BCUT2D eigenvalue weighted by Gasteiger charge is 2.44. The fraction of sp³-hybridized carbons (Fsp3) is 0.444. The number of rotatable bonds is 3. The molecule has 1 aliphatic rings. The fourth-order valence-corrected chi connectivity index (χ4v) is 2.89. The summed E-state index contributed by atoms with van der Waals surface area (Å²) in [5, 5.41) is 13.0. The van der Waals surface area contributed by atoms with E-state index in [9.17, 15) is 14.7 Å². The molecule has 0 bridgehead atoms. The molecule has 1 unspecified atom stereocenters. The molecule has 0 aliphatic carbocycles. The summed E-state index contributed by atoms with van der Waals surface area (Å²) >= 11 is 0. The Kier molecular flexibility index (Phi) is 3.87. The first kappa shape index (κ1) is 16.5. The van der Waals surface area contributed by atoms with Gasteiger partial charge in [0.05, 0.1) is 6.61 Å². The Morgan fingerprint density at radius 3 is 2.62 bits per heavy atom. The second kappa shape index (κ2) is 5.63. The van der Waals surface area contributed by atoms with Gasteiger partial charge in [0, 0.05) is 23.9 Å². The Labute approximate surface area is 140 Å². The van der Waals surface area contributed by atoms with Crippen molar-refractivity contribution in [2.75, 3.05) is 13.2 Å². The molecule has 0 spiro atoms. The van der Waals surface area contributed by atoms with Crippen molar-refractivity contribution in [2.24, 2.45) is 0 Å². The molecule has 1 aromatic carbocycles. The number of ether oxygens (including phenoxy) is 1. The molecule has 6 nitrogen and oxygen atoms in total. The summed E-state index contributed by atoms with van der Waals surface area (Å²) in [5.41, 5.74) is 1.04. The molecule has 0 radical (unpaired) electrons. The molecule has 1 fully saturated rings. The number of carbonyl (C=O) groups excluding carboxylic acids is 1. The van der Waals surface area contributed by atoms with Crippen LogP contribution in [0.3, 0.4) is 0 Å². The van der Waals surface area contributed by atoms with E-state index in [0.29, 0.717) is 12.3 Å². The number of fused-ring (bicyclic) bond motifs is 1. The number of hydrogen-bond donors (Lipinski definition) is 3. The van der Waals surface area contributed by atoms with Crippen LogP contribution >= 0.6 is 0 Å². The third-order valence-corrected chi connectivity index (χ3v) is 4.52. The van der Waals surface area contributed by atoms with Gasteiger partial charge in [0.1, 0.15) is 5.69 Å². The number of benzene rings is 1. The molecular weight excluding hydrogens is 308 g/mol. The maximum Gasteiger partial charge on any atom is 0.331 e. The number of hydrogen-bond acceptors (Lipinski definition) is 3. The molecule has 6 heteroatoms. The van der Waals surface area contributed by atoms with Crippen molar-refractivity contribution in [3.05, 3.63) is 35.5 Å². The predicted octanol–water partition coefficient (Wildman–Crippen LogP) is 2.44. The van der Waals surface area contributed by atoms with E-state index in [-0.39, 0.29) is 18.4 Å². The Bertz CT molecular complexity index is 795. The van der Waals surface area contributed by atoms with Gasteiger partial charge in [-0.25, -0.2) is 4.79 Å². The van der Waals surface area contributed by atoms with Crippen LogP contribution in [0.1, 0.15) is 43.2 Å². The van der Waals surface area contributed by atoms with Gasteiger partial charge in [-0.15, -0.1) is 0 Å². The normalized spacial score (nSPS) is 21.1. The van der Waals surface area contributed by atoms with E-state index >= 15 is 0 Å². The van der Waals surface area contributed by atoms with E-state index in [1.165, 1.54) is 0 Å². The van der Waals surface area contributed by atoms with Crippen LogP contribution in [0.2, 0.25) is 0 Å². The minimum Gasteiger partial charge on any atom is -0.479 e. The zero-order valence-corrected chi connectivity index (χ0v) is 14.1. The molecular formula is C18H22N2O4. The number of carboxylic acid groups (broad SMARTS) is 1. The molecule has 1 atom stereocenters. The molecule has 1 aromatic heterocycles. The lowest BCUT2D eigenvalue weighted by molar-refractivity contribution is -0.144. The minimum absolute atomic E-state index is 0.0102. The van der Waals surface area contributed by atoms with Gasteiger partial charge < -0.3 is 20.1 Å². The number of aromatic amines is 1. The highest BCUT2D eigenvalue weighted by molar-refractivity contribution is 6.00. The predicted molar refractivity (Wildman–Crippen MR) is 90.3 cm³/mol. The van der Waals surface area contributed by atoms with Crippen molar-refractivity contribution in [1.82, 2.24) is 10.3 Å². The molecule has 2 heterocycles. The summed E-state index contributed by atoms with van der Waals surface area (Å²) in [6, 6.07) is 7.77. The monoisotopic (exact) mass is 330 g/mol. The van der Waals surface area contributed by atoms with Crippen LogP contribution in [0.25, 0.3) is 10.9 Å². The van der Waals surface area contributed by atoms with Crippen molar-refractivity contribution < 1.29 is 19.4 Å². The van der Waals surface area contributed by atoms with E-state index in [0.717, 1.165) is 16.5 Å². The molecule has 128 valence electrons. The number of nitrogens with one attached hydrogen (secondary N) is 2. The van der Waals surface area contributed by atoms with E-state index in [1.807, 2.05) is 18.2 Å². The maximum atomic E-state index is 12.5. The first-order valence-electron chi connectivity index (χ1n) is 7.98. The van der Waals surface area contributed by atoms with Crippen molar-refractivity contribution in [2.45, 2.75) is 38.1 Å². The van der Waals surface area contributed by atoms with Gasteiger partial charge in [0.15, 0.2) is 5.54 Å². The molecule has 0 saturated carbocycles. The number of H-pyrrole nitrogens is 1. The Balaban J connectivity index is 1.89. The standard InChI is InChI=1S/C18H22N2O4/c1-17(2,3)12-5-4-11-8-14(19-13(11)9-12)15(21)20-18(16(22)23)6-7-24-10-18/h4-5,8-9,19H,6-7,10H2,1-3H3,(H,20,21)(H,22,23). The number of aliphatic carboxylic acids is 1. The molecule has 24 heavy (non-hydrogen) atoms. The van der Waals surface area contributed by atoms with Gasteiger partial charge in [0.25, 0.3) is 5.91 Å². The van der Waals surface area contributed by atoms with E-state index in [1.54, 1.807) is 6.07 Å². The quantitative estimate of drug-likeness (QED) is 0.806. The first-order valence-corrected chi connectivity index (χ1v) is 7.98. The number of amides is 1. The molecule has 3 N–H and O–H groups in total. The van der Waals surface area contributed by atoms with Gasteiger partial charge in [-0.2, -0.15) is 0 Å². The van der Waals surface area contributed by atoms with Crippen LogP contribution in [0.4, 0.5) is 0 Å². The second-order valence-corrected chi connectivity index (χ2v) is 7.38.